The van der Waals surface area contributed by atoms with Crippen LogP contribution in [0.1, 0.15) is 36.8 Å². The molecule has 0 aromatic heterocycles. The summed E-state index contributed by atoms with van der Waals surface area (Å²) in [6, 6.07) is 19.6. The molecule has 0 unspecified atom stereocenters. The summed E-state index contributed by atoms with van der Waals surface area (Å²) in [5.41, 5.74) is 1.93. The summed E-state index contributed by atoms with van der Waals surface area (Å²) in [6.07, 6.45) is 5.14. The summed E-state index contributed by atoms with van der Waals surface area (Å²) in [6.45, 7) is 3.36. The Bertz CT molecular complexity index is 861. The summed E-state index contributed by atoms with van der Waals surface area (Å²) in [7, 11) is 0. The number of carbonyl (C=O) groups excluding carboxylic acids is 1. The Morgan fingerprint density at radius 2 is 1.73 bits per heavy atom. The Kier molecular flexibility index (Phi) is 6.60. The van der Waals surface area contributed by atoms with E-state index in [-0.39, 0.29) is 11.7 Å². The van der Waals surface area contributed by atoms with Crippen LogP contribution in [0.4, 0.5) is 4.39 Å². The van der Waals surface area contributed by atoms with E-state index in [9.17, 15) is 9.18 Å². The number of hydrogen-bond acceptors (Lipinski definition) is 3. The number of halogens is 1. The van der Waals surface area contributed by atoms with Gasteiger partial charge in [0.1, 0.15) is 0 Å². The molecule has 2 aromatic rings. The molecule has 2 aliphatic heterocycles. The maximum Gasteiger partial charge on any atom is 0.280 e. The zero-order valence-corrected chi connectivity index (χ0v) is 17.2. The van der Waals surface area contributed by atoms with E-state index in [0.717, 1.165) is 45.3 Å². The molecule has 1 atom stereocenters. The maximum absolute atomic E-state index is 14.1. The quantitative estimate of drug-likeness (QED) is 0.724. The van der Waals surface area contributed by atoms with Crippen LogP contribution in [0.25, 0.3) is 6.08 Å². The molecule has 0 saturated carbocycles. The first-order valence-corrected chi connectivity index (χ1v) is 10.8. The maximum atomic E-state index is 14.1. The second kappa shape index (κ2) is 9.54. The standard InChI is InChI=1S/C25H29FN2O2/c26-23(17-20-7-3-1-4-8-20)24(29)27-18-22-11-12-25(30-22)13-15-28(16-14-25)19-21-9-5-2-6-10-21/h1-10,17,22H,11-16,18-19H2,(H,27,29)/b23-17-/t22-/m1/s1. The van der Waals surface area contributed by atoms with Crippen LogP contribution < -0.4 is 5.32 Å². The highest BCUT2D eigenvalue weighted by Crippen LogP contribution is 2.39. The molecular formula is C25H29FN2O2. The number of hydrogen-bond donors (Lipinski definition) is 1. The van der Waals surface area contributed by atoms with Gasteiger partial charge in [-0.1, -0.05) is 60.7 Å². The van der Waals surface area contributed by atoms with Gasteiger partial charge in [0.2, 0.25) is 0 Å². The van der Waals surface area contributed by atoms with E-state index < -0.39 is 11.7 Å². The zero-order valence-electron chi connectivity index (χ0n) is 17.2. The zero-order chi connectivity index (χ0) is 20.8. The van der Waals surface area contributed by atoms with Gasteiger partial charge >= 0.3 is 0 Å². The Morgan fingerprint density at radius 1 is 1.07 bits per heavy atom. The number of ether oxygens (including phenoxy) is 1. The molecule has 2 fully saturated rings. The van der Waals surface area contributed by atoms with E-state index in [2.05, 4.69) is 34.5 Å². The van der Waals surface area contributed by atoms with Gasteiger partial charge in [-0.3, -0.25) is 9.69 Å². The third-order valence-corrected chi connectivity index (χ3v) is 6.16. The SMILES string of the molecule is O=C(NC[C@H]1CCC2(CCN(Cc3ccccc3)CC2)O1)/C(F)=C/c1ccccc1. The van der Waals surface area contributed by atoms with Gasteiger partial charge in [0.25, 0.3) is 5.91 Å². The van der Waals surface area contributed by atoms with Gasteiger partial charge in [-0.25, -0.2) is 4.39 Å². The summed E-state index contributed by atoms with van der Waals surface area (Å²) in [4.78, 5) is 14.5. The van der Waals surface area contributed by atoms with E-state index in [1.54, 1.807) is 12.1 Å². The van der Waals surface area contributed by atoms with Crippen LogP contribution in [0.3, 0.4) is 0 Å². The van der Waals surface area contributed by atoms with Crippen LogP contribution in [0, 0.1) is 0 Å². The minimum absolute atomic E-state index is 0.0425. The molecule has 5 heteroatoms. The van der Waals surface area contributed by atoms with Gasteiger partial charge < -0.3 is 10.1 Å². The van der Waals surface area contributed by atoms with Crippen LogP contribution in [0.2, 0.25) is 0 Å². The molecule has 0 radical (unpaired) electrons. The second-order valence-corrected chi connectivity index (χ2v) is 8.34. The lowest BCUT2D eigenvalue weighted by molar-refractivity contribution is -0.120. The van der Waals surface area contributed by atoms with Crippen molar-refractivity contribution in [2.45, 2.75) is 43.9 Å². The van der Waals surface area contributed by atoms with E-state index in [1.165, 1.54) is 11.6 Å². The van der Waals surface area contributed by atoms with E-state index >= 15 is 0 Å². The van der Waals surface area contributed by atoms with Crippen molar-refractivity contribution < 1.29 is 13.9 Å². The average molecular weight is 409 g/mol. The largest absolute Gasteiger partial charge is 0.370 e. The molecule has 0 aliphatic carbocycles. The number of nitrogens with zero attached hydrogens (tertiary/aromatic N) is 1. The molecule has 4 rings (SSSR count). The van der Waals surface area contributed by atoms with E-state index in [1.807, 2.05) is 24.3 Å². The molecule has 1 spiro atoms. The van der Waals surface area contributed by atoms with Crippen molar-refractivity contribution in [1.82, 2.24) is 10.2 Å². The highest BCUT2D eigenvalue weighted by Gasteiger charge is 2.42. The fourth-order valence-corrected chi connectivity index (χ4v) is 4.42. The van der Waals surface area contributed by atoms with Gasteiger partial charge in [0, 0.05) is 26.2 Å². The lowest BCUT2D eigenvalue weighted by atomic mass is 9.88. The predicted octanol–water partition coefficient (Wildman–Crippen LogP) is 4.33. The first-order valence-electron chi connectivity index (χ1n) is 10.8. The number of rotatable bonds is 6. The molecule has 0 bridgehead atoms. The Hall–Kier alpha value is -2.50. The highest BCUT2D eigenvalue weighted by atomic mass is 19.1. The van der Waals surface area contributed by atoms with Crippen molar-refractivity contribution in [3.8, 4) is 0 Å². The number of nitrogens with one attached hydrogen (secondary N) is 1. The van der Waals surface area contributed by atoms with Crippen LogP contribution in [-0.2, 0) is 16.1 Å². The van der Waals surface area contributed by atoms with Crippen LogP contribution in [-0.4, -0.2) is 42.1 Å². The third kappa shape index (κ3) is 5.35. The Morgan fingerprint density at radius 3 is 2.43 bits per heavy atom. The Labute approximate surface area is 177 Å². The summed E-state index contributed by atoms with van der Waals surface area (Å²) in [5.74, 6) is -1.45. The molecule has 2 aliphatic rings. The molecule has 1 N–H and O–H groups in total. The van der Waals surface area contributed by atoms with Gasteiger partial charge in [0.05, 0.1) is 11.7 Å². The minimum atomic E-state index is -0.775. The van der Waals surface area contributed by atoms with Crippen molar-refractivity contribution in [3.05, 3.63) is 77.6 Å². The monoisotopic (exact) mass is 408 g/mol. The summed E-state index contributed by atoms with van der Waals surface area (Å²) >= 11 is 0. The minimum Gasteiger partial charge on any atom is -0.370 e. The number of likely N-dealkylation sites (tertiary alicyclic amines) is 1. The topological polar surface area (TPSA) is 41.6 Å². The fourth-order valence-electron chi connectivity index (χ4n) is 4.42. The van der Waals surface area contributed by atoms with Gasteiger partial charge in [-0.05, 0) is 42.9 Å². The van der Waals surface area contributed by atoms with Crippen molar-refractivity contribution >= 4 is 12.0 Å². The number of carbonyl (C=O) groups is 1. The van der Waals surface area contributed by atoms with Crippen molar-refractivity contribution in [3.63, 3.8) is 0 Å². The fraction of sp³-hybridized carbons (Fsp3) is 0.400. The number of amides is 1. The molecule has 30 heavy (non-hydrogen) atoms. The van der Waals surface area contributed by atoms with Crippen LogP contribution in [0.5, 0.6) is 0 Å². The molecule has 2 heterocycles. The molecular weight excluding hydrogens is 379 g/mol. The molecule has 2 aromatic carbocycles. The van der Waals surface area contributed by atoms with Crippen molar-refractivity contribution in [1.29, 1.82) is 0 Å². The van der Waals surface area contributed by atoms with E-state index in [0.29, 0.717) is 12.1 Å². The van der Waals surface area contributed by atoms with Crippen molar-refractivity contribution in [2.24, 2.45) is 0 Å². The van der Waals surface area contributed by atoms with Gasteiger partial charge in [-0.2, -0.15) is 0 Å². The van der Waals surface area contributed by atoms with Crippen LogP contribution in [0.15, 0.2) is 66.5 Å². The third-order valence-electron chi connectivity index (χ3n) is 6.16. The second-order valence-electron chi connectivity index (χ2n) is 8.34. The molecule has 158 valence electrons. The highest BCUT2D eigenvalue weighted by molar-refractivity contribution is 5.95. The summed E-state index contributed by atoms with van der Waals surface area (Å²) < 4.78 is 20.5. The predicted molar refractivity (Wildman–Crippen MR) is 116 cm³/mol. The normalized spacial score (nSPS) is 21.6. The Balaban J connectivity index is 1.22. The molecule has 2 saturated heterocycles. The smallest absolute Gasteiger partial charge is 0.280 e. The first-order chi connectivity index (χ1) is 14.6. The first kappa shape index (κ1) is 20.8. The lowest BCUT2D eigenvalue weighted by Gasteiger charge is -2.39. The van der Waals surface area contributed by atoms with Gasteiger partial charge in [0.15, 0.2) is 5.83 Å². The number of benzene rings is 2. The lowest BCUT2D eigenvalue weighted by Crippen LogP contribution is -2.44. The van der Waals surface area contributed by atoms with E-state index in [4.69, 9.17) is 4.74 Å². The summed E-state index contributed by atoms with van der Waals surface area (Å²) in [5, 5.41) is 2.69. The average Bonchev–Trinajstić information content (AvgIpc) is 3.18. The van der Waals surface area contributed by atoms with Crippen molar-refractivity contribution in [2.75, 3.05) is 19.6 Å². The molecule has 4 nitrogen and oxygen atoms in total. The molecule has 1 amide bonds. The van der Waals surface area contributed by atoms with Gasteiger partial charge in [-0.15, -0.1) is 0 Å². The van der Waals surface area contributed by atoms with Crippen LogP contribution >= 0.6 is 0 Å². The number of piperidine rings is 1.